The highest BCUT2D eigenvalue weighted by atomic mass is 32.2. The Labute approximate surface area is 174 Å². The number of phenols is 1. The molecule has 10 heteroatoms. The Balaban J connectivity index is 1.63. The maximum Gasteiger partial charge on any atom is 0.339 e. The van der Waals surface area contributed by atoms with Gasteiger partial charge in [-0.15, -0.1) is 0 Å². The van der Waals surface area contributed by atoms with Crippen molar-refractivity contribution < 1.29 is 29.0 Å². The van der Waals surface area contributed by atoms with E-state index in [0.717, 1.165) is 22.7 Å². The molecule has 1 aliphatic heterocycles. The fraction of sp³-hybridized carbons (Fsp3) is 0.0526. The van der Waals surface area contributed by atoms with Gasteiger partial charge in [0, 0.05) is 11.8 Å². The van der Waals surface area contributed by atoms with Crippen molar-refractivity contribution in [3.8, 4) is 5.75 Å². The highest BCUT2D eigenvalue weighted by molar-refractivity contribution is 8.26. The fourth-order valence-electron chi connectivity index (χ4n) is 2.40. The van der Waals surface area contributed by atoms with Gasteiger partial charge in [0.2, 0.25) is 5.91 Å². The van der Waals surface area contributed by atoms with Crippen LogP contribution in [0.2, 0.25) is 0 Å². The number of amides is 2. The Morgan fingerprint density at radius 2 is 2.10 bits per heavy atom. The number of thiocarbonyl (C=S) groups is 1. The number of benzene rings is 1. The van der Waals surface area contributed by atoms with Crippen molar-refractivity contribution in [2.24, 2.45) is 0 Å². The molecule has 8 nitrogen and oxygen atoms in total. The molecule has 3 rings (SSSR count). The first kappa shape index (κ1) is 20.4. The molecular formula is C19H14N2O6S2. The highest BCUT2D eigenvalue weighted by Gasteiger charge is 2.33. The second-order valence-corrected chi connectivity index (χ2v) is 7.43. The monoisotopic (exact) mass is 430 g/mol. The summed E-state index contributed by atoms with van der Waals surface area (Å²) in [5, 5.41) is 21.1. The van der Waals surface area contributed by atoms with Gasteiger partial charge in [0.1, 0.15) is 27.9 Å². The highest BCUT2D eigenvalue weighted by Crippen LogP contribution is 2.31. The second kappa shape index (κ2) is 8.76. The number of anilines is 1. The molecule has 0 bridgehead atoms. The summed E-state index contributed by atoms with van der Waals surface area (Å²) in [6, 6.07) is 7.13. The molecule has 0 saturated carbocycles. The number of nitrogens with zero attached hydrogens (tertiary/aromatic N) is 1. The van der Waals surface area contributed by atoms with Crippen LogP contribution < -0.4 is 5.32 Å². The summed E-state index contributed by atoms with van der Waals surface area (Å²) >= 11 is 6.25. The van der Waals surface area contributed by atoms with Crippen LogP contribution in [0.1, 0.15) is 16.1 Å². The van der Waals surface area contributed by atoms with E-state index in [2.05, 4.69) is 5.32 Å². The molecule has 3 N–H and O–H groups in total. The van der Waals surface area contributed by atoms with Gasteiger partial charge in [-0.25, -0.2) is 4.79 Å². The maximum absolute atomic E-state index is 12.5. The molecule has 0 atom stereocenters. The van der Waals surface area contributed by atoms with E-state index in [-0.39, 0.29) is 22.1 Å². The number of thioether (sulfide) groups is 1. The molecule has 29 heavy (non-hydrogen) atoms. The van der Waals surface area contributed by atoms with Gasteiger partial charge in [0.15, 0.2) is 0 Å². The largest absolute Gasteiger partial charge is 0.507 e. The van der Waals surface area contributed by atoms with E-state index < -0.39 is 23.5 Å². The Morgan fingerprint density at radius 1 is 1.31 bits per heavy atom. The Kier molecular flexibility index (Phi) is 6.15. The van der Waals surface area contributed by atoms with Gasteiger partial charge in [-0.3, -0.25) is 14.5 Å². The third kappa shape index (κ3) is 4.92. The number of aromatic hydroxyl groups is 1. The minimum Gasteiger partial charge on any atom is -0.507 e. The number of carbonyl (C=O) groups excluding carboxylic acids is 2. The van der Waals surface area contributed by atoms with Crippen molar-refractivity contribution in [3.05, 3.63) is 65.0 Å². The molecule has 0 aliphatic carbocycles. The number of nitrogens with one attached hydrogen (secondary N) is 1. The zero-order valence-corrected chi connectivity index (χ0v) is 16.3. The minimum absolute atomic E-state index is 0.194. The van der Waals surface area contributed by atoms with Crippen LogP contribution in [-0.4, -0.2) is 43.8 Å². The summed E-state index contributed by atoms with van der Waals surface area (Å²) in [6.07, 6.45) is 6.46. The van der Waals surface area contributed by atoms with Gasteiger partial charge in [-0.1, -0.05) is 30.1 Å². The lowest BCUT2D eigenvalue weighted by Gasteiger charge is -2.14. The van der Waals surface area contributed by atoms with Gasteiger partial charge < -0.3 is 19.9 Å². The van der Waals surface area contributed by atoms with E-state index in [1.54, 1.807) is 30.4 Å². The third-order valence-electron chi connectivity index (χ3n) is 3.74. The minimum atomic E-state index is -1.29. The Morgan fingerprint density at radius 3 is 2.76 bits per heavy atom. The van der Waals surface area contributed by atoms with Crippen LogP contribution in [0.5, 0.6) is 5.75 Å². The van der Waals surface area contributed by atoms with Crippen molar-refractivity contribution in [2.75, 3.05) is 11.9 Å². The number of allylic oxidation sites excluding steroid dienone is 2. The molecule has 2 amide bonds. The van der Waals surface area contributed by atoms with E-state index in [0.29, 0.717) is 10.7 Å². The number of carboxylic acids is 1. The van der Waals surface area contributed by atoms with Crippen LogP contribution >= 0.6 is 24.0 Å². The molecule has 2 heterocycles. The first-order valence-electron chi connectivity index (χ1n) is 8.17. The van der Waals surface area contributed by atoms with E-state index in [4.69, 9.17) is 21.7 Å². The molecule has 1 saturated heterocycles. The van der Waals surface area contributed by atoms with Crippen LogP contribution in [0, 0.1) is 0 Å². The maximum atomic E-state index is 12.5. The Hall–Kier alpha value is -3.37. The fourth-order valence-corrected chi connectivity index (χ4v) is 3.61. The quantitative estimate of drug-likeness (QED) is 0.472. The van der Waals surface area contributed by atoms with E-state index in [1.807, 2.05) is 0 Å². The third-order valence-corrected chi connectivity index (χ3v) is 5.13. The van der Waals surface area contributed by atoms with Crippen LogP contribution in [-0.2, 0) is 9.59 Å². The molecular weight excluding hydrogens is 416 g/mol. The summed E-state index contributed by atoms with van der Waals surface area (Å²) in [5.41, 5.74) is -0.0902. The van der Waals surface area contributed by atoms with Gasteiger partial charge >= 0.3 is 5.97 Å². The lowest BCUT2D eigenvalue weighted by atomic mass is 10.2. The number of rotatable bonds is 6. The summed E-state index contributed by atoms with van der Waals surface area (Å²) in [4.78, 5) is 37.2. The van der Waals surface area contributed by atoms with Gasteiger partial charge in [0.05, 0.1) is 11.2 Å². The first-order valence-corrected chi connectivity index (χ1v) is 9.39. The predicted molar refractivity (Wildman–Crippen MR) is 111 cm³/mol. The van der Waals surface area contributed by atoms with Crippen molar-refractivity contribution in [3.63, 3.8) is 0 Å². The standard InChI is InChI=1S/C19H14N2O6S2/c22-14-9-11(6-7-13(14)18(25)26)20-16(23)10-21-17(24)15(29-19(21)28)5-1-3-12-4-2-8-27-12/h1-9,22H,10H2,(H,20,23)(H,25,26). The molecule has 1 aromatic carbocycles. The molecule has 1 aromatic heterocycles. The van der Waals surface area contributed by atoms with Crippen LogP contribution in [0.4, 0.5) is 5.69 Å². The van der Waals surface area contributed by atoms with E-state index in [9.17, 15) is 19.5 Å². The van der Waals surface area contributed by atoms with E-state index in [1.165, 1.54) is 18.4 Å². The number of hydrogen-bond donors (Lipinski definition) is 3. The average molecular weight is 430 g/mol. The smallest absolute Gasteiger partial charge is 0.339 e. The lowest BCUT2D eigenvalue weighted by Crippen LogP contribution is -2.36. The van der Waals surface area contributed by atoms with E-state index >= 15 is 0 Å². The number of hydrogen-bond acceptors (Lipinski definition) is 7. The van der Waals surface area contributed by atoms with Crippen molar-refractivity contribution >= 4 is 57.8 Å². The first-order chi connectivity index (χ1) is 13.8. The molecule has 148 valence electrons. The van der Waals surface area contributed by atoms with Gasteiger partial charge in [0.25, 0.3) is 5.91 Å². The number of carbonyl (C=O) groups is 3. The van der Waals surface area contributed by atoms with Crippen LogP contribution in [0.15, 0.2) is 58.1 Å². The summed E-state index contributed by atoms with van der Waals surface area (Å²) in [7, 11) is 0. The predicted octanol–water partition coefficient (Wildman–Crippen LogP) is 3.08. The zero-order valence-electron chi connectivity index (χ0n) is 14.7. The van der Waals surface area contributed by atoms with Gasteiger partial charge in [-0.2, -0.15) is 0 Å². The molecule has 0 unspecified atom stereocenters. The van der Waals surface area contributed by atoms with Crippen molar-refractivity contribution in [1.82, 2.24) is 4.90 Å². The van der Waals surface area contributed by atoms with Crippen molar-refractivity contribution in [1.29, 1.82) is 0 Å². The lowest BCUT2D eigenvalue weighted by molar-refractivity contribution is -0.126. The molecule has 0 radical (unpaired) electrons. The normalized spacial score (nSPS) is 15.4. The summed E-state index contributed by atoms with van der Waals surface area (Å²) in [5.74, 6) is -2.08. The average Bonchev–Trinajstić information content (AvgIpc) is 3.26. The van der Waals surface area contributed by atoms with Gasteiger partial charge in [-0.05, 0) is 36.4 Å². The molecule has 2 aromatic rings. The number of aromatic carboxylic acids is 1. The number of furan rings is 1. The topological polar surface area (TPSA) is 120 Å². The zero-order chi connectivity index (χ0) is 21.0. The summed E-state index contributed by atoms with van der Waals surface area (Å²) < 4.78 is 5.40. The molecule has 1 fully saturated rings. The van der Waals surface area contributed by atoms with Crippen LogP contribution in [0.25, 0.3) is 6.08 Å². The second-order valence-electron chi connectivity index (χ2n) is 5.75. The van der Waals surface area contributed by atoms with Crippen molar-refractivity contribution in [2.45, 2.75) is 0 Å². The molecule has 0 spiro atoms. The van der Waals surface area contributed by atoms with Crippen LogP contribution in [0.3, 0.4) is 0 Å². The Bertz CT molecular complexity index is 1040. The SMILES string of the molecule is O=C(CN1C(=O)C(=CC=Cc2ccco2)SC1=S)Nc1ccc(C(=O)O)c(O)c1. The summed E-state index contributed by atoms with van der Waals surface area (Å²) in [6.45, 7) is -0.314. The molecule has 1 aliphatic rings. The number of carboxylic acid groups (broad SMARTS) is 1.